The lowest BCUT2D eigenvalue weighted by atomic mass is 9.96. The molecule has 0 spiro atoms. The molecule has 0 saturated carbocycles. The van der Waals surface area contributed by atoms with Gasteiger partial charge in [0.05, 0.1) is 5.92 Å². The molecular weight excluding hydrogens is 322 g/mol. The summed E-state index contributed by atoms with van der Waals surface area (Å²) < 4.78 is 2.13. The first kappa shape index (κ1) is 17.9. The molecule has 1 amide bonds. The zero-order valence-electron chi connectivity index (χ0n) is 15.1. The predicted molar refractivity (Wildman–Crippen MR) is 105 cm³/mol. The molecule has 3 rings (SSSR count). The van der Waals surface area contributed by atoms with Gasteiger partial charge in [-0.05, 0) is 18.4 Å². The van der Waals surface area contributed by atoms with Crippen molar-refractivity contribution in [2.75, 3.05) is 6.54 Å². The number of carbonyl (C=O) groups excluding carboxylic acids is 1. The monoisotopic (exact) mass is 347 g/mol. The third kappa shape index (κ3) is 4.39. The van der Waals surface area contributed by atoms with Crippen molar-refractivity contribution in [3.8, 4) is 11.4 Å². The minimum Gasteiger partial charge on any atom is -0.356 e. The number of nitrogens with zero attached hydrogens (tertiary/aromatic N) is 2. The van der Waals surface area contributed by atoms with Gasteiger partial charge in [0.25, 0.3) is 0 Å². The molecule has 0 aliphatic heterocycles. The highest BCUT2D eigenvalue weighted by atomic mass is 16.1. The Bertz CT molecular complexity index is 812. The Hall–Kier alpha value is -2.88. The average molecular weight is 347 g/mol. The van der Waals surface area contributed by atoms with Crippen LogP contribution in [0.1, 0.15) is 31.2 Å². The van der Waals surface area contributed by atoms with E-state index in [1.807, 2.05) is 60.9 Å². The maximum atomic E-state index is 12.5. The number of aryl methyl sites for hydroxylation is 1. The van der Waals surface area contributed by atoms with E-state index in [0.29, 0.717) is 6.54 Å². The van der Waals surface area contributed by atoms with Crippen molar-refractivity contribution < 1.29 is 4.79 Å². The number of aromatic nitrogens is 2. The van der Waals surface area contributed by atoms with Crippen molar-refractivity contribution >= 4 is 5.91 Å². The van der Waals surface area contributed by atoms with Gasteiger partial charge in [0.15, 0.2) is 0 Å². The van der Waals surface area contributed by atoms with Gasteiger partial charge in [-0.1, -0.05) is 67.6 Å². The van der Waals surface area contributed by atoms with Crippen LogP contribution in [0, 0.1) is 0 Å². The first-order valence-electron chi connectivity index (χ1n) is 9.18. The van der Waals surface area contributed by atoms with Crippen LogP contribution in [0.2, 0.25) is 0 Å². The van der Waals surface area contributed by atoms with Gasteiger partial charge in [-0.2, -0.15) is 0 Å². The van der Waals surface area contributed by atoms with Crippen LogP contribution in [0.25, 0.3) is 11.4 Å². The number of rotatable bonds is 8. The van der Waals surface area contributed by atoms with Crippen LogP contribution in [0.15, 0.2) is 73.1 Å². The fourth-order valence-corrected chi connectivity index (χ4v) is 3.18. The van der Waals surface area contributed by atoms with Crippen molar-refractivity contribution in [3.63, 3.8) is 0 Å². The summed E-state index contributed by atoms with van der Waals surface area (Å²) in [6.07, 6.45) is 5.48. The smallest absolute Gasteiger partial charge is 0.227 e. The summed E-state index contributed by atoms with van der Waals surface area (Å²) in [6.45, 7) is 3.54. The number of imidazole rings is 1. The molecule has 2 aromatic carbocycles. The maximum Gasteiger partial charge on any atom is 0.227 e. The third-order valence-electron chi connectivity index (χ3n) is 4.55. The zero-order chi connectivity index (χ0) is 18.2. The van der Waals surface area contributed by atoms with Gasteiger partial charge < -0.3 is 9.88 Å². The summed E-state index contributed by atoms with van der Waals surface area (Å²) in [5.74, 6) is 0.990. The molecule has 3 aromatic rings. The normalized spacial score (nSPS) is 11.9. The van der Waals surface area contributed by atoms with Crippen molar-refractivity contribution in [1.82, 2.24) is 14.9 Å². The second-order valence-electron chi connectivity index (χ2n) is 6.33. The first-order chi connectivity index (χ1) is 12.8. The van der Waals surface area contributed by atoms with Gasteiger partial charge >= 0.3 is 0 Å². The lowest BCUT2D eigenvalue weighted by molar-refractivity contribution is -0.122. The number of carbonyl (C=O) groups is 1. The highest BCUT2D eigenvalue weighted by Crippen LogP contribution is 2.19. The molecule has 4 nitrogen and oxygen atoms in total. The van der Waals surface area contributed by atoms with E-state index in [0.717, 1.165) is 36.3 Å². The van der Waals surface area contributed by atoms with Gasteiger partial charge in [-0.25, -0.2) is 4.98 Å². The Labute approximate surface area is 154 Å². The van der Waals surface area contributed by atoms with E-state index in [1.165, 1.54) is 0 Å². The molecule has 26 heavy (non-hydrogen) atoms. The van der Waals surface area contributed by atoms with Crippen molar-refractivity contribution in [2.45, 2.75) is 32.2 Å². The summed E-state index contributed by atoms with van der Waals surface area (Å²) in [4.78, 5) is 17.0. The van der Waals surface area contributed by atoms with E-state index in [-0.39, 0.29) is 11.8 Å². The zero-order valence-corrected chi connectivity index (χ0v) is 15.1. The van der Waals surface area contributed by atoms with Crippen molar-refractivity contribution in [1.29, 1.82) is 0 Å². The van der Waals surface area contributed by atoms with Gasteiger partial charge in [0.2, 0.25) is 5.91 Å². The summed E-state index contributed by atoms with van der Waals surface area (Å²) in [7, 11) is 0. The first-order valence-corrected chi connectivity index (χ1v) is 9.18. The van der Waals surface area contributed by atoms with Crippen LogP contribution in [0.3, 0.4) is 0 Å². The van der Waals surface area contributed by atoms with E-state index in [4.69, 9.17) is 0 Å². The lowest BCUT2D eigenvalue weighted by Crippen LogP contribution is -2.30. The number of hydrogen-bond donors (Lipinski definition) is 1. The van der Waals surface area contributed by atoms with E-state index < -0.39 is 0 Å². The molecule has 0 radical (unpaired) electrons. The van der Waals surface area contributed by atoms with E-state index in [2.05, 4.69) is 33.9 Å². The summed E-state index contributed by atoms with van der Waals surface area (Å²) >= 11 is 0. The molecule has 1 heterocycles. The van der Waals surface area contributed by atoms with Crippen LogP contribution in [-0.2, 0) is 11.3 Å². The number of hydrogen-bond acceptors (Lipinski definition) is 2. The Morgan fingerprint density at radius 3 is 2.46 bits per heavy atom. The Kier molecular flexibility index (Phi) is 6.20. The van der Waals surface area contributed by atoms with Crippen LogP contribution < -0.4 is 5.32 Å². The minimum absolute atomic E-state index is 0.0793. The summed E-state index contributed by atoms with van der Waals surface area (Å²) in [5.41, 5.74) is 2.19. The number of amides is 1. The fourth-order valence-electron chi connectivity index (χ4n) is 3.18. The SMILES string of the molecule is CC[C@@H](C(=O)NCCCn1ccnc1-c1ccccc1)c1ccccc1. The third-order valence-corrected chi connectivity index (χ3v) is 4.55. The molecule has 0 aliphatic carbocycles. The largest absolute Gasteiger partial charge is 0.356 e. The Balaban J connectivity index is 1.52. The van der Waals surface area contributed by atoms with E-state index >= 15 is 0 Å². The van der Waals surface area contributed by atoms with Gasteiger partial charge in [0, 0.05) is 31.0 Å². The van der Waals surface area contributed by atoms with Crippen LogP contribution >= 0.6 is 0 Å². The number of nitrogens with one attached hydrogen (secondary N) is 1. The molecule has 134 valence electrons. The van der Waals surface area contributed by atoms with Gasteiger partial charge in [0.1, 0.15) is 5.82 Å². The fraction of sp³-hybridized carbons (Fsp3) is 0.273. The second kappa shape index (κ2) is 8.99. The molecule has 0 bridgehead atoms. The highest BCUT2D eigenvalue weighted by Gasteiger charge is 2.17. The quantitative estimate of drug-likeness (QED) is 0.619. The van der Waals surface area contributed by atoms with Crippen LogP contribution in [0.5, 0.6) is 0 Å². The molecule has 1 N–H and O–H groups in total. The predicted octanol–water partition coefficient (Wildman–Crippen LogP) is 4.25. The molecule has 0 unspecified atom stereocenters. The molecule has 0 aliphatic rings. The number of benzene rings is 2. The lowest BCUT2D eigenvalue weighted by Gasteiger charge is -2.15. The van der Waals surface area contributed by atoms with Gasteiger partial charge in [-0.15, -0.1) is 0 Å². The molecule has 1 aromatic heterocycles. The molecule has 1 atom stereocenters. The average Bonchev–Trinajstić information content (AvgIpc) is 3.16. The Morgan fingerprint density at radius 2 is 1.77 bits per heavy atom. The topological polar surface area (TPSA) is 46.9 Å². The molecule has 0 saturated heterocycles. The van der Waals surface area contributed by atoms with Gasteiger partial charge in [-0.3, -0.25) is 4.79 Å². The summed E-state index contributed by atoms with van der Waals surface area (Å²) in [6, 6.07) is 20.1. The summed E-state index contributed by atoms with van der Waals surface area (Å²) in [5, 5.41) is 3.08. The van der Waals surface area contributed by atoms with Crippen molar-refractivity contribution in [2.24, 2.45) is 0 Å². The maximum absolute atomic E-state index is 12.5. The highest BCUT2D eigenvalue weighted by molar-refractivity contribution is 5.83. The molecular formula is C22H25N3O. The minimum atomic E-state index is -0.0793. The second-order valence-corrected chi connectivity index (χ2v) is 6.33. The van der Waals surface area contributed by atoms with E-state index in [9.17, 15) is 4.79 Å². The Morgan fingerprint density at radius 1 is 1.08 bits per heavy atom. The molecule has 4 heteroatoms. The molecule has 0 fully saturated rings. The van der Waals surface area contributed by atoms with Crippen LogP contribution in [-0.4, -0.2) is 22.0 Å². The van der Waals surface area contributed by atoms with E-state index in [1.54, 1.807) is 0 Å². The van der Waals surface area contributed by atoms with Crippen molar-refractivity contribution in [3.05, 3.63) is 78.6 Å². The van der Waals surface area contributed by atoms with Crippen LogP contribution in [0.4, 0.5) is 0 Å². The standard InChI is InChI=1S/C22H25N3O/c1-2-20(18-10-5-3-6-11-18)22(26)24-14-9-16-25-17-15-23-21(25)19-12-7-4-8-13-19/h3-8,10-13,15,17,20H,2,9,14,16H2,1H3,(H,24,26)/t20-/m1/s1.